The minimum Gasteiger partial charge on any atom is -0.497 e. The van der Waals surface area contributed by atoms with Crippen LogP contribution >= 0.6 is 0 Å². The van der Waals surface area contributed by atoms with Crippen LogP contribution in [0.1, 0.15) is 38.7 Å². The first-order chi connectivity index (χ1) is 13.0. The van der Waals surface area contributed by atoms with E-state index < -0.39 is 0 Å². The van der Waals surface area contributed by atoms with E-state index in [4.69, 9.17) is 14.5 Å². The van der Waals surface area contributed by atoms with Gasteiger partial charge in [0.05, 0.1) is 20.1 Å². The van der Waals surface area contributed by atoms with Crippen LogP contribution in [0.4, 0.5) is 0 Å². The number of hydrogen-bond donors (Lipinski definition) is 1. The average molecular weight is 376 g/mol. The zero-order valence-corrected chi connectivity index (χ0v) is 17.2. The van der Waals surface area contributed by atoms with E-state index in [1.54, 1.807) is 7.11 Å². The normalized spacial score (nSPS) is 21.1. The van der Waals surface area contributed by atoms with Crippen molar-refractivity contribution in [1.82, 2.24) is 10.2 Å². The minimum absolute atomic E-state index is 0.0860. The summed E-state index contributed by atoms with van der Waals surface area (Å²) in [6.07, 6.45) is 0.963. The van der Waals surface area contributed by atoms with Crippen molar-refractivity contribution in [3.05, 3.63) is 29.8 Å². The number of carbonyl (C=O) groups is 1. The average Bonchev–Trinajstić information content (AvgIpc) is 3.08. The molecule has 0 aliphatic carbocycles. The second-order valence-corrected chi connectivity index (χ2v) is 7.21. The first-order valence-corrected chi connectivity index (χ1v) is 9.75. The monoisotopic (exact) mass is 375 g/mol. The summed E-state index contributed by atoms with van der Waals surface area (Å²) in [5.41, 5.74) is 1.29. The maximum atomic E-state index is 11.9. The first-order valence-electron chi connectivity index (χ1n) is 9.75. The molecule has 0 saturated carbocycles. The third-order valence-electron chi connectivity index (χ3n) is 5.26. The maximum absolute atomic E-state index is 11.9. The highest BCUT2D eigenvalue weighted by molar-refractivity contribution is 5.82. The molecule has 150 valence electrons. The lowest BCUT2D eigenvalue weighted by Gasteiger charge is -2.22. The van der Waals surface area contributed by atoms with Crippen LogP contribution < -0.4 is 10.1 Å². The number of carbonyl (C=O) groups excluding carboxylic acids is 1. The van der Waals surface area contributed by atoms with Gasteiger partial charge >= 0.3 is 5.97 Å². The number of ether oxygens (including phenoxy) is 2. The summed E-state index contributed by atoms with van der Waals surface area (Å²) in [5, 5.41) is 3.36. The molecule has 1 N–H and O–H groups in total. The van der Waals surface area contributed by atoms with Gasteiger partial charge in [-0.2, -0.15) is 0 Å². The number of hydrogen-bond acceptors (Lipinski definition) is 4. The number of esters is 1. The van der Waals surface area contributed by atoms with Crippen molar-refractivity contribution < 1.29 is 14.3 Å². The molecule has 0 spiro atoms. The van der Waals surface area contributed by atoms with Gasteiger partial charge in [0.2, 0.25) is 0 Å². The van der Waals surface area contributed by atoms with Gasteiger partial charge in [-0.05, 0) is 42.9 Å². The smallest absolute Gasteiger partial charge is 0.310 e. The Morgan fingerprint density at radius 3 is 2.59 bits per heavy atom. The van der Waals surface area contributed by atoms with Crippen molar-refractivity contribution >= 4 is 11.9 Å². The summed E-state index contributed by atoms with van der Waals surface area (Å²) in [4.78, 5) is 18.9. The molecule has 0 aromatic heterocycles. The Morgan fingerprint density at radius 2 is 2.00 bits per heavy atom. The second-order valence-electron chi connectivity index (χ2n) is 7.21. The van der Waals surface area contributed by atoms with Crippen molar-refractivity contribution in [3.8, 4) is 5.75 Å². The van der Waals surface area contributed by atoms with Gasteiger partial charge in [-0.1, -0.05) is 26.0 Å². The lowest BCUT2D eigenvalue weighted by atomic mass is 9.98. The number of likely N-dealkylation sites (tertiary alicyclic amines) is 1. The molecule has 1 saturated heterocycles. The van der Waals surface area contributed by atoms with E-state index in [2.05, 4.69) is 43.1 Å². The Morgan fingerprint density at radius 1 is 1.30 bits per heavy atom. The predicted molar refractivity (Wildman–Crippen MR) is 108 cm³/mol. The Kier molecular flexibility index (Phi) is 7.95. The zero-order chi connectivity index (χ0) is 19.8. The number of methoxy groups -OCH3 is 2. The van der Waals surface area contributed by atoms with Crippen LogP contribution in [0, 0.1) is 11.8 Å². The fraction of sp³-hybridized carbons (Fsp3) is 0.619. The van der Waals surface area contributed by atoms with Crippen LogP contribution in [0.5, 0.6) is 5.75 Å². The summed E-state index contributed by atoms with van der Waals surface area (Å²) in [6, 6.07) is 8.22. The van der Waals surface area contributed by atoms with Crippen LogP contribution in [0.3, 0.4) is 0 Å². The minimum atomic E-state index is -0.131. The van der Waals surface area contributed by atoms with Crippen molar-refractivity contribution in [2.24, 2.45) is 16.8 Å². The fourth-order valence-electron chi connectivity index (χ4n) is 3.49. The lowest BCUT2D eigenvalue weighted by Crippen LogP contribution is -2.40. The number of nitrogens with zero attached hydrogens (tertiary/aromatic N) is 2. The number of benzene rings is 1. The number of nitrogens with one attached hydrogen (secondary N) is 1. The molecule has 6 nitrogen and oxygen atoms in total. The molecule has 3 unspecified atom stereocenters. The van der Waals surface area contributed by atoms with E-state index in [1.165, 1.54) is 12.7 Å². The second kappa shape index (κ2) is 10.2. The molecule has 1 aliphatic heterocycles. The van der Waals surface area contributed by atoms with E-state index in [9.17, 15) is 4.79 Å². The zero-order valence-electron chi connectivity index (χ0n) is 17.2. The van der Waals surface area contributed by atoms with Crippen LogP contribution in [-0.4, -0.2) is 57.2 Å². The molecule has 0 amide bonds. The van der Waals surface area contributed by atoms with E-state index >= 15 is 0 Å². The molecule has 2 rings (SSSR count). The van der Waals surface area contributed by atoms with Gasteiger partial charge in [0.15, 0.2) is 5.96 Å². The van der Waals surface area contributed by atoms with E-state index in [1.807, 2.05) is 12.1 Å². The molecule has 27 heavy (non-hydrogen) atoms. The van der Waals surface area contributed by atoms with Crippen molar-refractivity contribution in [2.45, 2.75) is 33.1 Å². The predicted octanol–water partition coefficient (Wildman–Crippen LogP) is 2.90. The number of guanidine groups is 1. The molecule has 1 aromatic rings. The molecule has 1 aromatic carbocycles. The van der Waals surface area contributed by atoms with Gasteiger partial charge in [-0.3, -0.25) is 9.79 Å². The molecule has 6 heteroatoms. The molecular formula is C21H33N3O3. The van der Waals surface area contributed by atoms with Crippen LogP contribution in [0.2, 0.25) is 0 Å². The Hall–Kier alpha value is -2.24. The Labute approximate surface area is 162 Å². The number of rotatable bonds is 7. The van der Waals surface area contributed by atoms with Crippen molar-refractivity contribution in [3.63, 3.8) is 0 Å². The van der Waals surface area contributed by atoms with Gasteiger partial charge in [-0.25, -0.2) is 0 Å². The van der Waals surface area contributed by atoms with Crippen LogP contribution in [0.25, 0.3) is 0 Å². The molecule has 1 aliphatic rings. The van der Waals surface area contributed by atoms with Crippen molar-refractivity contribution in [2.75, 3.05) is 40.4 Å². The largest absolute Gasteiger partial charge is 0.497 e. The number of aliphatic imine (C=N–C) groups is 1. The van der Waals surface area contributed by atoms with E-state index in [-0.39, 0.29) is 17.8 Å². The maximum Gasteiger partial charge on any atom is 0.310 e. The highest BCUT2D eigenvalue weighted by atomic mass is 16.5. The summed E-state index contributed by atoms with van der Waals surface area (Å²) >= 11 is 0. The summed E-state index contributed by atoms with van der Waals surface area (Å²) in [7, 11) is 3.14. The molecule has 1 fully saturated rings. The Bertz CT molecular complexity index is 630. The molecular weight excluding hydrogens is 342 g/mol. The van der Waals surface area contributed by atoms with E-state index in [0.717, 1.165) is 37.8 Å². The quantitative estimate of drug-likeness (QED) is 0.451. The highest BCUT2D eigenvalue weighted by Gasteiger charge is 2.36. The van der Waals surface area contributed by atoms with Crippen LogP contribution in [-0.2, 0) is 9.53 Å². The van der Waals surface area contributed by atoms with Crippen LogP contribution in [0.15, 0.2) is 29.3 Å². The summed E-state index contributed by atoms with van der Waals surface area (Å²) in [5.74, 6) is 2.23. The molecule has 0 radical (unpaired) electrons. The highest BCUT2D eigenvalue weighted by Crippen LogP contribution is 2.25. The fourth-order valence-corrected chi connectivity index (χ4v) is 3.49. The van der Waals surface area contributed by atoms with Gasteiger partial charge < -0.3 is 19.7 Å². The SMILES string of the molecule is CCNC(=NCCC(C)c1ccc(OC)cc1)N1CC(C)C(C(=O)OC)C1. The molecule has 0 bridgehead atoms. The van der Waals surface area contributed by atoms with E-state index in [0.29, 0.717) is 12.5 Å². The Balaban J connectivity index is 1.95. The van der Waals surface area contributed by atoms with Gasteiger partial charge in [0, 0.05) is 26.2 Å². The first kappa shape index (κ1) is 21.1. The topological polar surface area (TPSA) is 63.2 Å². The third kappa shape index (κ3) is 5.62. The van der Waals surface area contributed by atoms with Gasteiger partial charge in [0.25, 0.3) is 0 Å². The molecule has 3 atom stereocenters. The van der Waals surface area contributed by atoms with Gasteiger partial charge in [0.1, 0.15) is 5.75 Å². The third-order valence-corrected chi connectivity index (χ3v) is 5.26. The lowest BCUT2D eigenvalue weighted by molar-refractivity contribution is -0.145. The standard InChI is InChI=1S/C21H33N3O3/c1-6-22-21(24-13-16(3)19(14-24)20(25)27-5)23-12-11-15(2)17-7-9-18(26-4)10-8-17/h7-10,15-16,19H,6,11-14H2,1-5H3,(H,22,23). The summed E-state index contributed by atoms with van der Waals surface area (Å²) in [6.45, 7) is 9.40. The van der Waals surface area contributed by atoms with Crippen molar-refractivity contribution in [1.29, 1.82) is 0 Å². The van der Waals surface area contributed by atoms with Gasteiger partial charge in [-0.15, -0.1) is 0 Å². The summed E-state index contributed by atoms with van der Waals surface area (Å²) < 4.78 is 10.2. The molecule has 1 heterocycles.